The summed E-state index contributed by atoms with van der Waals surface area (Å²) in [4.78, 5) is 34.8. The van der Waals surface area contributed by atoms with E-state index in [2.05, 4.69) is 49.6 Å². The van der Waals surface area contributed by atoms with Crippen LogP contribution in [0.5, 0.6) is 0 Å². The molecule has 12 nitrogen and oxygen atoms in total. The Kier molecular flexibility index (Phi) is 32.4. The van der Waals surface area contributed by atoms with Crippen LogP contribution in [0, 0.1) is 5.92 Å². The molecule has 0 aromatic heterocycles. The van der Waals surface area contributed by atoms with Gasteiger partial charge < -0.3 is 34.8 Å². The van der Waals surface area contributed by atoms with Gasteiger partial charge in [0.15, 0.2) is 6.10 Å². The minimum Gasteiger partial charge on any atom is -0.462 e. The lowest BCUT2D eigenvalue weighted by Gasteiger charge is -2.20. The van der Waals surface area contributed by atoms with Gasteiger partial charge in [0, 0.05) is 12.8 Å². The first-order valence-electron chi connectivity index (χ1n) is 19.5. The molecular formula is C39H71O12P. The molecule has 0 radical (unpaired) electrons. The lowest BCUT2D eigenvalue weighted by Crippen LogP contribution is -2.30. The van der Waals surface area contributed by atoms with E-state index in [0.717, 1.165) is 50.9 Å². The van der Waals surface area contributed by atoms with Crippen molar-refractivity contribution >= 4 is 19.8 Å². The molecule has 0 saturated carbocycles. The van der Waals surface area contributed by atoms with Gasteiger partial charge in [-0.1, -0.05) is 115 Å². The van der Waals surface area contributed by atoms with Gasteiger partial charge in [-0.3, -0.25) is 18.6 Å². The number of esters is 2. The highest BCUT2D eigenvalue weighted by Gasteiger charge is 2.27. The number of allylic oxidation sites excluding steroid dienone is 5. The molecule has 0 saturated heterocycles. The van der Waals surface area contributed by atoms with Crippen LogP contribution in [0.25, 0.3) is 0 Å². The van der Waals surface area contributed by atoms with E-state index in [1.54, 1.807) is 0 Å². The minimum atomic E-state index is -4.68. The van der Waals surface area contributed by atoms with Crippen molar-refractivity contribution in [1.29, 1.82) is 0 Å². The molecule has 6 atom stereocenters. The van der Waals surface area contributed by atoms with Crippen molar-refractivity contribution in [3.8, 4) is 0 Å². The van der Waals surface area contributed by atoms with E-state index < -0.39 is 70.6 Å². The maximum atomic E-state index is 12.5. The number of phosphoric ester groups is 1. The average molecular weight is 763 g/mol. The van der Waals surface area contributed by atoms with Crippen molar-refractivity contribution in [2.75, 3.05) is 26.4 Å². The van der Waals surface area contributed by atoms with Crippen LogP contribution in [0.3, 0.4) is 0 Å². The van der Waals surface area contributed by atoms with Gasteiger partial charge in [0.05, 0.1) is 32.0 Å². The van der Waals surface area contributed by atoms with Crippen molar-refractivity contribution in [2.24, 2.45) is 5.92 Å². The minimum absolute atomic E-state index is 0.0724. The zero-order valence-corrected chi connectivity index (χ0v) is 33.0. The number of phosphoric acid groups is 1. The molecule has 0 aromatic carbocycles. The molecule has 0 rings (SSSR count). The van der Waals surface area contributed by atoms with Crippen LogP contribution in [0.15, 0.2) is 36.5 Å². The standard InChI is InChI=1S/C39H71O12P/c1-4-6-7-8-9-10-11-12-13-14-18-21-25-36(42)37(43)26-23-28-38(44)48-31-35(32-50-52(46,47)49-30-34(41)29-40)51-39(45)27-22-19-16-15-17-20-24-33(3)5-2/h9-10,12-13,18,21,33-37,40-43H,4-8,11,14-17,19-20,22-32H2,1-3H3,(H,46,47)/b10-9-,13-12-,21-18-/t33?,34-,35+,36?,37?/m0/s1. The number of aliphatic hydroxyl groups excluding tert-OH is 4. The summed E-state index contributed by atoms with van der Waals surface area (Å²) in [6, 6.07) is 0. The summed E-state index contributed by atoms with van der Waals surface area (Å²) in [7, 11) is -4.68. The second kappa shape index (κ2) is 33.7. The number of rotatable bonds is 35. The van der Waals surface area contributed by atoms with Gasteiger partial charge in [-0.05, 0) is 57.3 Å². The molecule has 0 fully saturated rings. The Labute approximate surface area is 313 Å². The molecule has 52 heavy (non-hydrogen) atoms. The molecule has 0 aromatic rings. The largest absolute Gasteiger partial charge is 0.472 e. The van der Waals surface area contributed by atoms with E-state index >= 15 is 0 Å². The molecule has 0 aliphatic carbocycles. The van der Waals surface area contributed by atoms with E-state index in [4.69, 9.17) is 19.1 Å². The fourth-order valence-corrected chi connectivity index (χ4v) is 5.74. The molecule has 0 aliphatic rings. The van der Waals surface area contributed by atoms with E-state index in [1.807, 2.05) is 12.2 Å². The number of carbonyl (C=O) groups excluding carboxylic acids is 2. The lowest BCUT2D eigenvalue weighted by molar-refractivity contribution is -0.161. The van der Waals surface area contributed by atoms with Crippen molar-refractivity contribution in [3.05, 3.63) is 36.5 Å². The highest BCUT2D eigenvalue weighted by Crippen LogP contribution is 2.43. The van der Waals surface area contributed by atoms with Crippen molar-refractivity contribution in [1.82, 2.24) is 0 Å². The number of aliphatic hydroxyl groups is 4. The Balaban J connectivity index is 4.61. The molecule has 13 heteroatoms. The highest BCUT2D eigenvalue weighted by atomic mass is 31.2. The quantitative estimate of drug-likeness (QED) is 0.0186. The summed E-state index contributed by atoms with van der Waals surface area (Å²) < 4.78 is 32.4. The first-order valence-corrected chi connectivity index (χ1v) is 21.0. The van der Waals surface area contributed by atoms with Crippen LogP contribution < -0.4 is 0 Å². The SMILES string of the molecule is CCCCC/C=C\C/C=C\C/C=C\CC(O)C(O)CCCC(=O)OC[C@H](COP(=O)(O)OC[C@@H](O)CO)OC(=O)CCCCCCCCC(C)CC. The summed E-state index contributed by atoms with van der Waals surface area (Å²) >= 11 is 0. The molecule has 4 unspecified atom stereocenters. The number of hydrogen-bond acceptors (Lipinski definition) is 11. The normalized spacial score (nSPS) is 16.2. The summed E-state index contributed by atoms with van der Waals surface area (Å²) in [6.07, 6.45) is 23.2. The summed E-state index contributed by atoms with van der Waals surface area (Å²) in [5.41, 5.74) is 0. The Morgan fingerprint density at radius 2 is 1.31 bits per heavy atom. The molecule has 0 spiro atoms. The Morgan fingerprint density at radius 3 is 1.98 bits per heavy atom. The van der Waals surface area contributed by atoms with Crippen LogP contribution in [0.2, 0.25) is 0 Å². The number of unbranched alkanes of at least 4 members (excludes halogenated alkanes) is 8. The zero-order valence-electron chi connectivity index (χ0n) is 32.2. The second-order valence-corrected chi connectivity index (χ2v) is 15.0. The third-order valence-corrected chi connectivity index (χ3v) is 9.49. The van der Waals surface area contributed by atoms with Crippen LogP contribution in [0.1, 0.15) is 143 Å². The van der Waals surface area contributed by atoms with Gasteiger partial charge in [0.1, 0.15) is 12.7 Å². The number of ether oxygens (including phenoxy) is 2. The van der Waals surface area contributed by atoms with E-state index in [1.165, 1.54) is 38.5 Å². The number of hydrogen-bond donors (Lipinski definition) is 5. The molecule has 0 amide bonds. The zero-order chi connectivity index (χ0) is 38.9. The van der Waals surface area contributed by atoms with Gasteiger partial charge in [-0.25, -0.2) is 4.57 Å². The lowest BCUT2D eigenvalue weighted by atomic mass is 10.00. The highest BCUT2D eigenvalue weighted by molar-refractivity contribution is 7.47. The maximum absolute atomic E-state index is 12.5. The van der Waals surface area contributed by atoms with Gasteiger partial charge in [-0.15, -0.1) is 0 Å². The van der Waals surface area contributed by atoms with E-state index in [9.17, 15) is 34.4 Å². The molecule has 0 aliphatic heterocycles. The van der Waals surface area contributed by atoms with Gasteiger partial charge in [0.25, 0.3) is 0 Å². The molecule has 5 N–H and O–H groups in total. The predicted octanol–water partition coefficient (Wildman–Crippen LogP) is 7.41. The van der Waals surface area contributed by atoms with Crippen molar-refractivity contribution in [2.45, 2.75) is 167 Å². The monoisotopic (exact) mass is 762 g/mol. The van der Waals surface area contributed by atoms with Crippen molar-refractivity contribution < 1.29 is 58.0 Å². The molecule has 304 valence electrons. The fraction of sp³-hybridized carbons (Fsp3) is 0.795. The average Bonchev–Trinajstić information content (AvgIpc) is 3.12. The van der Waals surface area contributed by atoms with Crippen LogP contribution in [-0.2, 0) is 32.7 Å². The summed E-state index contributed by atoms with van der Waals surface area (Å²) in [6.45, 7) is 4.24. The van der Waals surface area contributed by atoms with Gasteiger partial charge in [0.2, 0.25) is 0 Å². The van der Waals surface area contributed by atoms with E-state index in [0.29, 0.717) is 6.42 Å². The molecular weight excluding hydrogens is 691 g/mol. The van der Waals surface area contributed by atoms with Gasteiger partial charge in [-0.2, -0.15) is 0 Å². The molecule has 0 heterocycles. The van der Waals surface area contributed by atoms with Gasteiger partial charge >= 0.3 is 19.8 Å². The fourth-order valence-electron chi connectivity index (χ4n) is 4.95. The van der Waals surface area contributed by atoms with Crippen LogP contribution >= 0.6 is 7.82 Å². The second-order valence-electron chi connectivity index (χ2n) is 13.5. The smallest absolute Gasteiger partial charge is 0.462 e. The third-order valence-electron chi connectivity index (χ3n) is 8.54. The number of carbonyl (C=O) groups is 2. The van der Waals surface area contributed by atoms with Crippen LogP contribution in [0.4, 0.5) is 0 Å². The van der Waals surface area contributed by atoms with E-state index in [-0.39, 0.29) is 32.1 Å². The predicted molar refractivity (Wildman–Crippen MR) is 203 cm³/mol. The first kappa shape index (κ1) is 50.1. The Hall–Kier alpha value is -1.89. The topological polar surface area (TPSA) is 189 Å². The third kappa shape index (κ3) is 31.6. The van der Waals surface area contributed by atoms with Crippen molar-refractivity contribution in [3.63, 3.8) is 0 Å². The summed E-state index contributed by atoms with van der Waals surface area (Å²) in [5.74, 6) is -0.476. The summed E-state index contributed by atoms with van der Waals surface area (Å²) in [5, 5.41) is 38.9. The maximum Gasteiger partial charge on any atom is 0.472 e. The molecule has 0 bridgehead atoms. The Bertz CT molecular complexity index is 1020. The Morgan fingerprint density at radius 1 is 0.692 bits per heavy atom. The first-order chi connectivity index (χ1) is 24.9. The van der Waals surface area contributed by atoms with Crippen LogP contribution in [-0.4, -0.2) is 88.1 Å².